The van der Waals surface area contributed by atoms with Gasteiger partial charge in [0.2, 0.25) is 0 Å². The zero-order valence-electron chi connectivity index (χ0n) is 15.4. The van der Waals surface area contributed by atoms with Gasteiger partial charge in [0, 0.05) is 22.6 Å². The SMILES string of the molecule is CC(C)(C)c1cc(-c2cc(Cl)c(Cl)s2)cc(C(C)(C)C)[o+]1.F[B-](F)(F)F. The Morgan fingerprint density at radius 1 is 0.846 bits per heavy atom. The van der Waals surface area contributed by atoms with Gasteiger partial charge in [0.25, 0.3) is 0 Å². The quantitative estimate of drug-likeness (QED) is 0.250. The maximum atomic E-state index is 9.75. The van der Waals surface area contributed by atoms with Crippen LogP contribution in [0.3, 0.4) is 0 Å². The van der Waals surface area contributed by atoms with Crippen molar-refractivity contribution in [3.8, 4) is 10.4 Å². The molecule has 0 aliphatic rings. The fourth-order valence-electron chi connectivity index (χ4n) is 1.87. The van der Waals surface area contributed by atoms with Crippen LogP contribution < -0.4 is 0 Å². The topological polar surface area (TPSA) is 11.3 Å². The van der Waals surface area contributed by atoms with Gasteiger partial charge < -0.3 is 17.3 Å². The molecule has 0 N–H and O–H groups in total. The number of halogens is 6. The van der Waals surface area contributed by atoms with Crippen molar-refractivity contribution < 1.29 is 21.7 Å². The third kappa shape index (κ3) is 7.45. The minimum absolute atomic E-state index is 0.0547. The highest BCUT2D eigenvalue weighted by Crippen LogP contribution is 2.40. The molecule has 0 fully saturated rings. The van der Waals surface area contributed by atoms with Gasteiger partial charge in [0.05, 0.1) is 15.9 Å². The Balaban J connectivity index is 0.000000597. The monoisotopic (exact) mass is 430 g/mol. The van der Waals surface area contributed by atoms with Crippen LogP contribution in [-0.4, -0.2) is 7.25 Å². The summed E-state index contributed by atoms with van der Waals surface area (Å²) in [6.07, 6.45) is 0. The summed E-state index contributed by atoms with van der Waals surface area (Å²) in [5.41, 5.74) is 0.997. The maximum Gasteiger partial charge on any atom is 0.673 e. The average molecular weight is 431 g/mol. The van der Waals surface area contributed by atoms with Crippen LogP contribution in [0.4, 0.5) is 17.3 Å². The highest BCUT2D eigenvalue weighted by atomic mass is 35.5. The molecule has 2 rings (SSSR count). The summed E-state index contributed by atoms with van der Waals surface area (Å²) in [5, 5.41) is 0.604. The molecule has 0 saturated carbocycles. The van der Waals surface area contributed by atoms with Crippen LogP contribution in [0.25, 0.3) is 10.4 Å². The molecule has 2 heterocycles. The first-order chi connectivity index (χ1) is 11.5. The molecule has 9 heteroatoms. The minimum Gasteiger partial charge on any atom is -0.418 e. The molecule has 0 aliphatic carbocycles. The lowest BCUT2D eigenvalue weighted by molar-refractivity contribution is 0.329. The van der Waals surface area contributed by atoms with Crippen molar-refractivity contribution in [3.63, 3.8) is 0 Å². The summed E-state index contributed by atoms with van der Waals surface area (Å²) in [5.74, 6) is 1.93. The molecule has 2 aromatic heterocycles. The number of thiophene rings is 1. The molecule has 0 radical (unpaired) electrons. The second-order valence-corrected chi connectivity index (χ2v) is 9.86. The van der Waals surface area contributed by atoms with Crippen LogP contribution in [0.5, 0.6) is 0 Å². The maximum absolute atomic E-state index is 9.75. The molecule has 0 bridgehead atoms. The Kier molecular flexibility index (Phi) is 7.22. The summed E-state index contributed by atoms with van der Waals surface area (Å²) in [6, 6.07) is 6.10. The van der Waals surface area contributed by atoms with Crippen LogP contribution in [0.15, 0.2) is 22.6 Å². The molecule has 0 atom stereocenters. The van der Waals surface area contributed by atoms with E-state index in [1.807, 2.05) is 6.07 Å². The molecule has 0 aromatic carbocycles. The van der Waals surface area contributed by atoms with Crippen molar-refractivity contribution in [1.29, 1.82) is 0 Å². The molecule has 146 valence electrons. The first-order valence-corrected chi connectivity index (χ1v) is 9.37. The first-order valence-electron chi connectivity index (χ1n) is 7.80. The van der Waals surface area contributed by atoms with E-state index >= 15 is 0 Å². The van der Waals surface area contributed by atoms with Crippen LogP contribution >= 0.6 is 34.5 Å². The van der Waals surface area contributed by atoms with Crippen LogP contribution in [0.2, 0.25) is 9.36 Å². The highest BCUT2D eigenvalue weighted by molar-refractivity contribution is 7.20. The second kappa shape index (κ2) is 8.07. The Bertz CT molecular complexity index is 704. The van der Waals surface area contributed by atoms with E-state index in [2.05, 4.69) is 53.7 Å². The fraction of sp³-hybridized carbons (Fsp3) is 0.471. The van der Waals surface area contributed by atoms with Crippen molar-refractivity contribution >= 4 is 41.8 Å². The number of rotatable bonds is 1. The van der Waals surface area contributed by atoms with Gasteiger partial charge in [-0.25, -0.2) is 4.42 Å². The lowest BCUT2D eigenvalue weighted by Gasteiger charge is -2.14. The Morgan fingerprint density at radius 2 is 1.23 bits per heavy atom. The number of hydrogen-bond donors (Lipinski definition) is 0. The zero-order valence-corrected chi connectivity index (χ0v) is 17.7. The second-order valence-electron chi connectivity index (χ2n) is 7.80. The van der Waals surface area contributed by atoms with Crippen molar-refractivity contribution in [1.82, 2.24) is 0 Å². The van der Waals surface area contributed by atoms with E-state index in [1.54, 1.807) is 0 Å². The molecule has 2 aromatic rings. The Morgan fingerprint density at radius 3 is 1.50 bits per heavy atom. The minimum atomic E-state index is -6.00. The van der Waals surface area contributed by atoms with E-state index in [1.165, 1.54) is 11.3 Å². The van der Waals surface area contributed by atoms with Crippen molar-refractivity contribution in [2.24, 2.45) is 0 Å². The van der Waals surface area contributed by atoms with Crippen LogP contribution in [-0.2, 0) is 10.8 Å². The standard InChI is InChI=1S/C17H21Cl2OS.BF4/c1-16(2,3)13-7-10(8-14(20-13)17(4,5)6)12-9-11(18)15(19)21-12;2-1(3,4)5/h7-9H,1-6H3;/q+1;-1. The lowest BCUT2D eigenvalue weighted by Crippen LogP contribution is -2.16. The molecule has 26 heavy (non-hydrogen) atoms. The van der Waals surface area contributed by atoms with Crippen molar-refractivity contribution in [3.05, 3.63) is 39.1 Å². The predicted molar refractivity (Wildman–Crippen MR) is 104 cm³/mol. The van der Waals surface area contributed by atoms with Crippen LogP contribution in [0, 0.1) is 0 Å². The van der Waals surface area contributed by atoms with Crippen molar-refractivity contribution in [2.75, 3.05) is 0 Å². The fourth-order valence-corrected chi connectivity index (χ4v) is 3.23. The normalized spacial score (nSPS) is 12.6. The van der Waals surface area contributed by atoms with Gasteiger partial charge in [-0.2, -0.15) is 0 Å². The third-order valence-electron chi connectivity index (χ3n) is 3.20. The van der Waals surface area contributed by atoms with E-state index in [0.29, 0.717) is 9.36 Å². The van der Waals surface area contributed by atoms with E-state index in [4.69, 9.17) is 27.6 Å². The summed E-state index contributed by atoms with van der Waals surface area (Å²) < 4.78 is 45.8. The van der Waals surface area contributed by atoms with Gasteiger partial charge in [-0.1, -0.05) is 23.2 Å². The summed E-state index contributed by atoms with van der Waals surface area (Å²) in [7, 11) is -6.00. The molecule has 0 aliphatic heterocycles. The zero-order chi connectivity index (χ0) is 20.5. The summed E-state index contributed by atoms with van der Waals surface area (Å²) in [6.45, 7) is 12.9. The van der Waals surface area contributed by atoms with Crippen molar-refractivity contribution in [2.45, 2.75) is 52.4 Å². The molecular weight excluding hydrogens is 410 g/mol. The molecule has 0 unspecified atom stereocenters. The Hall–Kier alpha value is -0.785. The van der Waals surface area contributed by atoms with Gasteiger partial charge in [-0.15, -0.1) is 11.3 Å². The van der Waals surface area contributed by atoms with Gasteiger partial charge in [-0.05, 0) is 47.6 Å². The summed E-state index contributed by atoms with van der Waals surface area (Å²) in [4.78, 5) is 1.07. The lowest BCUT2D eigenvalue weighted by atomic mass is 9.88. The average Bonchev–Trinajstić information content (AvgIpc) is 2.74. The molecule has 0 amide bonds. The van der Waals surface area contributed by atoms with Gasteiger partial charge in [0.1, 0.15) is 4.34 Å². The molecule has 0 saturated heterocycles. The molecular formula is C17H21BCl2F4OS. The van der Waals surface area contributed by atoms with Gasteiger partial charge >= 0.3 is 18.8 Å². The van der Waals surface area contributed by atoms with E-state index in [9.17, 15) is 17.3 Å². The van der Waals surface area contributed by atoms with E-state index in [-0.39, 0.29) is 10.8 Å². The smallest absolute Gasteiger partial charge is 0.418 e. The first kappa shape index (κ1) is 23.3. The highest BCUT2D eigenvalue weighted by Gasteiger charge is 2.34. The van der Waals surface area contributed by atoms with Gasteiger partial charge in [0.15, 0.2) is 0 Å². The largest absolute Gasteiger partial charge is 0.673 e. The summed E-state index contributed by atoms with van der Waals surface area (Å²) >= 11 is 13.7. The van der Waals surface area contributed by atoms with Gasteiger partial charge in [-0.3, -0.25) is 0 Å². The van der Waals surface area contributed by atoms with E-state index < -0.39 is 7.25 Å². The van der Waals surface area contributed by atoms with Crippen LogP contribution in [0.1, 0.15) is 53.1 Å². The Labute approximate surface area is 165 Å². The molecule has 0 spiro atoms. The third-order valence-corrected chi connectivity index (χ3v) is 5.12. The van der Waals surface area contributed by atoms with E-state index in [0.717, 1.165) is 22.0 Å². The number of hydrogen-bond acceptors (Lipinski definition) is 1. The molecule has 1 nitrogen and oxygen atoms in total. The predicted octanol–water partition coefficient (Wildman–Crippen LogP) is 8.49.